The minimum Gasteiger partial charge on any atom is -0.507 e. The van der Waals surface area contributed by atoms with Crippen LogP contribution in [0.3, 0.4) is 0 Å². The summed E-state index contributed by atoms with van der Waals surface area (Å²) >= 11 is 0. The van der Waals surface area contributed by atoms with Gasteiger partial charge in [-0.1, -0.05) is 24.3 Å². The molecule has 0 spiro atoms. The topological polar surface area (TPSA) is 79.7 Å². The summed E-state index contributed by atoms with van der Waals surface area (Å²) in [6, 6.07) is 15.5. The van der Waals surface area contributed by atoms with E-state index in [2.05, 4.69) is 4.98 Å². The van der Waals surface area contributed by atoms with E-state index < -0.39 is 17.7 Å². The van der Waals surface area contributed by atoms with Gasteiger partial charge >= 0.3 is 0 Å². The van der Waals surface area contributed by atoms with E-state index in [0.717, 1.165) is 23.3 Å². The van der Waals surface area contributed by atoms with Gasteiger partial charge in [-0.15, -0.1) is 0 Å². The number of Topliss-reactive ketones (excluding diaryl/α,β-unsaturated/α-hetero) is 1. The number of rotatable bonds is 3. The molecule has 0 aliphatic carbocycles. The lowest BCUT2D eigenvalue weighted by Crippen LogP contribution is -2.30. The van der Waals surface area contributed by atoms with Gasteiger partial charge in [0.1, 0.15) is 11.5 Å². The molecule has 31 heavy (non-hydrogen) atoms. The van der Waals surface area contributed by atoms with Crippen LogP contribution in [-0.4, -0.2) is 28.4 Å². The molecule has 1 unspecified atom stereocenters. The molecule has 2 aromatic carbocycles. The van der Waals surface area contributed by atoms with E-state index in [-0.39, 0.29) is 11.3 Å². The van der Waals surface area contributed by atoms with Gasteiger partial charge in [-0.05, 0) is 53.9 Å². The van der Waals surface area contributed by atoms with Crippen LogP contribution in [0.4, 0.5) is 5.69 Å². The molecule has 3 aromatic rings. The highest BCUT2D eigenvalue weighted by Gasteiger charge is 2.47. The normalized spacial score (nSPS) is 19.4. The zero-order valence-corrected chi connectivity index (χ0v) is 16.9. The summed E-state index contributed by atoms with van der Waals surface area (Å²) < 4.78 is 5.54. The molecule has 6 nitrogen and oxygen atoms in total. The lowest BCUT2D eigenvalue weighted by atomic mass is 9.95. The standard InChI is InChI=1S/C25H20N2O4/c1-15-5-2-3-7-19(15)27-22(18-6-4-11-26-14-18)21(24(29)25(27)30)23(28)17-8-9-20-16(13-17)10-12-31-20/h2-9,11,13-14,22,28H,10,12H2,1H3/b23-21-. The average Bonchev–Trinajstić information content (AvgIpc) is 3.36. The summed E-state index contributed by atoms with van der Waals surface area (Å²) in [7, 11) is 0. The minimum absolute atomic E-state index is 0.0557. The largest absolute Gasteiger partial charge is 0.507 e. The number of amides is 1. The predicted octanol–water partition coefficient (Wildman–Crippen LogP) is 3.95. The number of hydrogen-bond acceptors (Lipinski definition) is 5. The number of nitrogens with zero attached hydrogens (tertiary/aromatic N) is 2. The summed E-state index contributed by atoms with van der Waals surface area (Å²) in [5, 5.41) is 11.2. The smallest absolute Gasteiger partial charge is 0.300 e. The molecule has 1 N–H and O–H groups in total. The van der Waals surface area contributed by atoms with Crippen LogP contribution >= 0.6 is 0 Å². The maximum absolute atomic E-state index is 13.2. The highest BCUT2D eigenvalue weighted by atomic mass is 16.5. The first-order chi connectivity index (χ1) is 15.1. The number of aliphatic hydroxyl groups excluding tert-OH is 1. The number of carbonyl (C=O) groups is 2. The van der Waals surface area contributed by atoms with Crippen LogP contribution in [0.15, 0.2) is 72.6 Å². The van der Waals surface area contributed by atoms with Crippen molar-refractivity contribution < 1.29 is 19.4 Å². The van der Waals surface area contributed by atoms with E-state index in [1.54, 1.807) is 42.7 Å². The fraction of sp³-hybridized carbons (Fsp3) is 0.160. The molecule has 2 aliphatic heterocycles. The van der Waals surface area contributed by atoms with Gasteiger partial charge in [-0.2, -0.15) is 0 Å². The summed E-state index contributed by atoms with van der Waals surface area (Å²) in [6.07, 6.45) is 3.98. The number of aliphatic hydroxyl groups is 1. The third kappa shape index (κ3) is 3.08. The number of aryl methyl sites for hydroxylation is 1. The molecular formula is C25H20N2O4. The van der Waals surface area contributed by atoms with E-state index in [4.69, 9.17) is 4.74 Å². The van der Waals surface area contributed by atoms with E-state index in [9.17, 15) is 14.7 Å². The number of carbonyl (C=O) groups excluding carboxylic acids is 2. The molecule has 1 aromatic heterocycles. The van der Waals surface area contributed by atoms with Crippen molar-refractivity contribution in [3.05, 3.63) is 94.8 Å². The molecular weight excluding hydrogens is 392 g/mol. The third-order valence-corrected chi connectivity index (χ3v) is 5.78. The third-order valence-electron chi connectivity index (χ3n) is 5.78. The summed E-state index contributed by atoms with van der Waals surface area (Å²) in [6.45, 7) is 2.47. The molecule has 2 aliphatic rings. The number of ketones is 1. The van der Waals surface area contributed by atoms with Crippen molar-refractivity contribution in [2.24, 2.45) is 0 Å². The van der Waals surface area contributed by atoms with Crippen molar-refractivity contribution in [2.45, 2.75) is 19.4 Å². The van der Waals surface area contributed by atoms with Gasteiger partial charge in [0.2, 0.25) is 0 Å². The van der Waals surface area contributed by atoms with Crippen molar-refractivity contribution >= 4 is 23.1 Å². The van der Waals surface area contributed by atoms with E-state index in [0.29, 0.717) is 23.4 Å². The number of para-hydroxylation sites is 1. The second-order valence-corrected chi connectivity index (χ2v) is 7.66. The Hall–Kier alpha value is -3.93. The van der Waals surface area contributed by atoms with Crippen molar-refractivity contribution in [1.82, 2.24) is 4.98 Å². The Kier molecular flexibility index (Phi) is 4.55. The maximum atomic E-state index is 13.2. The molecule has 1 atom stereocenters. The monoisotopic (exact) mass is 412 g/mol. The summed E-state index contributed by atoms with van der Waals surface area (Å²) in [5.41, 5.74) is 3.64. The first-order valence-corrected chi connectivity index (χ1v) is 10.1. The molecule has 5 rings (SSSR count). The van der Waals surface area contributed by atoms with Crippen LogP contribution in [0, 0.1) is 6.92 Å². The van der Waals surface area contributed by atoms with Gasteiger partial charge in [-0.3, -0.25) is 19.5 Å². The van der Waals surface area contributed by atoms with Crippen LogP contribution in [-0.2, 0) is 16.0 Å². The van der Waals surface area contributed by atoms with E-state index in [1.165, 1.54) is 4.90 Å². The van der Waals surface area contributed by atoms with Crippen molar-refractivity contribution in [2.75, 3.05) is 11.5 Å². The van der Waals surface area contributed by atoms with Crippen molar-refractivity contribution in [3.63, 3.8) is 0 Å². The van der Waals surface area contributed by atoms with Crippen molar-refractivity contribution in [3.8, 4) is 5.75 Å². The molecule has 154 valence electrons. The van der Waals surface area contributed by atoms with Gasteiger partial charge in [0.25, 0.3) is 11.7 Å². The molecule has 1 saturated heterocycles. The van der Waals surface area contributed by atoms with Gasteiger partial charge in [0, 0.05) is 30.1 Å². The Morgan fingerprint density at radius 3 is 2.74 bits per heavy atom. The molecule has 0 radical (unpaired) electrons. The number of pyridine rings is 1. The average molecular weight is 412 g/mol. The first kappa shape index (κ1) is 19.1. The van der Waals surface area contributed by atoms with Crippen molar-refractivity contribution in [1.29, 1.82) is 0 Å². The van der Waals surface area contributed by atoms with E-state index >= 15 is 0 Å². The number of anilines is 1. The molecule has 3 heterocycles. The molecule has 0 saturated carbocycles. The van der Waals surface area contributed by atoms with Crippen LogP contribution in [0.25, 0.3) is 5.76 Å². The Morgan fingerprint density at radius 2 is 1.97 bits per heavy atom. The molecule has 1 amide bonds. The highest BCUT2D eigenvalue weighted by molar-refractivity contribution is 6.51. The van der Waals surface area contributed by atoms with Gasteiger partial charge in [0.15, 0.2) is 0 Å². The van der Waals surface area contributed by atoms with Crippen LogP contribution in [0.1, 0.15) is 28.3 Å². The van der Waals surface area contributed by atoms with Gasteiger partial charge < -0.3 is 9.84 Å². The molecule has 0 bridgehead atoms. The van der Waals surface area contributed by atoms with Crippen LogP contribution in [0.2, 0.25) is 0 Å². The quantitative estimate of drug-likeness (QED) is 0.400. The fourth-order valence-electron chi connectivity index (χ4n) is 4.26. The zero-order chi connectivity index (χ0) is 21.5. The molecule has 1 fully saturated rings. The number of ether oxygens (including phenoxy) is 1. The SMILES string of the molecule is Cc1ccccc1N1C(=O)C(=O)/C(=C(\O)c2ccc3c(c2)CCO3)C1c1cccnc1. The summed E-state index contributed by atoms with van der Waals surface area (Å²) in [5.74, 6) is -0.806. The number of benzene rings is 2. The fourth-order valence-corrected chi connectivity index (χ4v) is 4.26. The Morgan fingerprint density at radius 1 is 1.13 bits per heavy atom. The van der Waals surface area contributed by atoms with Crippen LogP contribution < -0.4 is 9.64 Å². The first-order valence-electron chi connectivity index (χ1n) is 10.1. The molecule has 6 heteroatoms. The number of hydrogen-bond donors (Lipinski definition) is 1. The lowest BCUT2D eigenvalue weighted by Gasteiger charge is -2.26. The summed E-state index contributed by atoms with van der Waals surface area (Å²) in [4.78, 5) is 32.0. The second kappa shape index (κ2) is 7.40. The lowest BCUT2D eigenvalue weighted by molar-refractivity contribution is -0.132. The number of aromatic nitrogens is 1. The maximum Gasteiger partial charge on any atom is 0.300 e. The number of fused-ring (bicyclic) bond motifs is 1. The Balaban J connectivity index is 1.72. The van der Waals surface area contributed by atoms with Gasteiger partial charge in [0.05, 0.1) is 18.2 Å². The Labute approximate surface area is 179 Å². The van der Waals surface area contributed by atoms with Crippen LogP contribution in [0.5, 0.6) is 5.75 Å². The van der Waals surface area contributed by atoms with E-state index in [1.807, 2.05) is 31.2 Å². The van der Waals surface area contributed by atoms with Gasteiger partial charge in [-0.25, -0.2) is 0 Å². The highest BCUT2D eigenvalue weighted by Crippen LogP contribution is 2.43. The zero-order valence-electron chi connectivity index (χ0n) is 16.9. The second-order valence-electron chi connectivity index (χ2n) is 7.66. The Bertz CT molecular complexity index is 1230. The predicted molar refractivity (Wildman–Crippen MR) is 116 cm³/mol. The minimum atomic E-state index is -0.778.